The summed E-state index contributed by atoms with van der Waals surface area (Å²) in [7, 11) is 3.67. The molecule has 0 spiro atoms. The number of imidazole rings is 1. The topological polar surface area (TPSA) is 71.8 Å². The van der Waals surface area contributed by atoms with Gasteiger partial charge in [-0.15, -0.1) is 0 Å². The van der Waals surface area contributed by atoms with E-state index in [2.05, 4.69) is 20.6 Å². The lowest BCUT2D eigenvalue weighted by molar-refractivity contribution is 0.0949. The zero-order valence-electron chi connectivity index (χ0n) is 10.3. The van der Waals surface area contributed by atoms with Crippen LogP contribution in [-0.4, -0.2) is 27.5 Å². The highest BCUT2D eigenvalue weighted by molar-refractivity contribution is 5.93. The molecular weight excluding hydrogens is 230 g/mol. The normalized spacial score (nSPS) is 10.1. The number of rotatable bonds is 4. The molecule has 1 amide bonds. The Kier molecular flexibility index (Phi) is 3.57. The van der Waals surface area contributed by atoms with Gasteiger partial charge < -0.3 is 15.2 Å². The van der Waals surface area contributed by atoms with Crippen molar-refractivity contribution in [3.05, 3.63) is 42.1 Å². The van der Waals surface area contributed by atoms with Crippen molar-refractivity contribution in [3.8, 4) is 0 Å². The fourth-order valence-corrected chi connectivity index (χ4v) is 1.50. The van der Waals surface area contributed by atoms with Gasteiger partial charge in [0, 0.05) is 32.7 Å². The van der Waals surface area contributed by atoms with Gasteiger partial charge in [-0.3, -0.25) is 4.79 Å². The molecule has 2 aromatic heterocycles. The molecular formula is C12H15N5O. The number of nitrogens with zero attached hydrogens (tertiary/aromatic N) is 3. The zero-order chi connectivity index (χ0) is 13.0. The number of nitrogens with one attached hydrogen (secondary N) is 2. The molecule has 0 unspecified atom stereocenters. The molecule has 6 nitrogen and oxygen atoms in total. The van der Waals surface area contributed by atoms with Crippen LogP contribution in [0.15, 0.2) is 30.7 Å². The van der Waals surface area contributed by atoms with Crippen LogP contribution in [0.3, 0.4) is 0 Å². The van der Waals surface area contributed by atoms with Crippen LogP contribution in [0.25, 0.3) is 0 Å². The van der Waals surface area contributed by atoms with E-state index in [1.165, 1.54) is 0 Å². The third kappa shape index (κ3) is 2.65. The molecule has 0 aromatic carbocycles. The molecule has 0 saturated heterocycles. The quantitative estimate of drug-likeness (QED) is 0.835. The van der Waals surface area contributed by atoms with E-state index in [1.807, 2.05) is 17.8 Å². The van der Waals surface area contributed by atoms with Crippen molar-refractivity contribution in [2.45, 2.75) is 6.54 Å². The highest BCUT2D eigenvalue weighted by Crippen LogP contribution is 2.04. The lowest BCUT2D eigenvalue weighted by Crippen LogP contribution is -2.24. The van der Waals surface area contributed by atoms with Crippen LogP contribution in [0.1, 0.15) is 16.2 Å². The third-order valence-corrected chi connectivity index (χ3v) is 2.61. The molecule has 0 radical (unpaired) electrons. The van der Waals surface area contributed by atoms with E-state index in [0.717, 1.165) is 11.6 Å². The van der Waals surface area contributed by atoms with Crippen molar-refractivity contribution >= 4 is 11.7 Å². The fourth-order valence-electron chi connectivity index (χ4n) is 1.50. The van der Waals surface area contributed by atoms with Gasteiger partial charge in [-0.25, -0.2) is 9.97 Å². The van der Waals surface area contributed by atoms with E-state index < -0.39 is 0 Å². The molecule has 2 heterocycles. The van der Waals surface area contributed by atoms with Crippen LogP contribution in [0.4, 0.5) is 5.82 Å². The third-order valence-electron chi connectivity index (χ3n) is 2.61. The minimum atomic E-state index is -0.159. The van der Waals surface area contributed by atoms with Crippen molar-refractivity contribution in [1.82, 2.24) is 19.9 Å². The molecule has 18 heavy (non-hydrogen) atoms. The zero-order valence-corrected chi connectivity index (χ0v) is 10.3. The maximum atomic E-state index is 11.8. The number of anilines is 1. The Morgan fingerprint density at radius 3 is 2.78 bits per heavy atom. The first-order valence-electron chi connectivity index (χ1n) is 5.59. The molecule has 6 heteroatoms. The highest BCUT2D eigenvalue weighted by atomic mass is 16.1. The van der Waals surface area contributed by atoms with Gasteiger partial charge in [0.1, 0.15) is 11.6 Å². The smallest absolute Gasteiger partial charge is 0.253 e. The first-order chi connectivity index (χ1) is 8.70. The maximum Gasteiger partial charge on any atom is 0.253 e. The first-order valence-corrected chi connectivity index (χ1v) is 5.59. The molecule has 0 atom stereocenters. The van der Waals surface area contributed by atoms with Crippen molar-refractivity contribution in [2.75, 3.05) is 12.4 Å². The Morgan fingerprint density at radius 1 is 1.39 bits per heavy atom. The lowest BCUT2D eigenvalue weighted by atomic mass is 10.2. The number of pyridine rings is 1. The van der Waals surface area contributed by atoms with Gasteiger partial charge in [0.25, 0.3) is 5.91 Å². The summed E-state index contributed by atoms with van der Waals surface area (Å²) in [4.78, 5) is 20.1. The van der Waals surface area contributed by atoms with Crippen LogP contribution in [0.2, 0.25) is 0 Å². The van der Waals surface area contributed by atoms with Crippen molar-refractivity contribution in [2.24, 2.45) is 7.05 Å². The monoisotopic (exact) mass is 245 g/mol. The number of aryl methyl sites for hydroxylation is 1. The molecule has 94 valence electrons. The second-order valence-electron chi connectivity index (χ2n) is 3.82. The summed E-state index contributed by atoms with van der Waals surface area (Å²) < 4.78 is 1.86. The standard InChI is InChI=1S/C12H15N5O/c1-13-10-4-3-9(7-15-10)12(18)16-8-11-14-5-6-17(11)2/h3-7H,8H2,1-2H3,(H,13,15)(H,16,18). The summed E-state index contributed by atoms with van der Waals surface area (Å²) >= 11 is 0. The van der Waals surface area contributed by atoms with E-state index in [-0.39, 0.29) is 5.91 Å². The molecule has 2 N–H and O–H groups in total. The number of hydrogen-bond donors (Lipinski definition) is 2. The summed E-state index contributed by atoms with van der Waals surface area (Å²) in [6, 6.07) is 3.49. The SMILES string of the molecule is CNc1ccc(C(=O)NCc2nccn2C)cn1. The summed E-state index contributed by atoms with van der Waals surface area (Å²) in [5.74, 6) is 1.38. The summed E-state index contributed by atoms with van der Waals surface area (Å²) in [5, 5.41) is 5.70. The number of aromatic nitrogens is 3. The number of carbonyl (C=O) groups is 1. The Morgan fingerprint density at radius 2 is 2.22 bits per heavy atom. The summed E-state index contributed by atoms with van der Waals surface area (Å²) in [5.41, 5.74) is 0.531. The minimum absolute atomic E-state index is 0.159. The molecule has 0 saturated carbocycles. The largest absolute Gasteiger partial charge is 0.373 e. The van der Waals surface area contributed by atoms with E-state index in [9.17, 15) is 4.79 Å². The minimum Gasteiger partial charge on any atom is -0.373 e. The molecule has 0 aliphatic heterocycles. The van der Waals surface area contributed by atoms with E-state index in [0.29, 0.717) is 12.1 Å². The average molecular weight is 245 g/mol. The van der Waals surface area contributed by atoms with E-state index >= 15 is 0 Å². The maximum absolute atomic E-state index is 11.8. The van der Waals surface area contributed by atoms with Crippen molar-refractivity contribution in [1.29, 1.82) is 0 Å². The van der Waals surface area contributed by atoms with Crippen molar-refractivity contribution in [3.63, 3.8) is 0 Å². The van der Waals surface area contributed by atoms with Gasteiger partial charge in [0.05, 0.1) is 12.1 Å². The van der Waals surface area contributed by atoms with Crippen LogP contribution in [-0.2, 0) is 13.6 Å². The lowest BCUT2D eigenvalue weighted by Gasteiger charge is -2.05. The predicted octanol–water partition coefficient (Wildman–Crippen LogP) is 0.787. The molecule has 2 rings (SSSR count). The summed E-state index contributed by atoms with van der Waals surface area (Å²) in [6.07, 6.45) is 5.08. The predicted molar refractivity (Wildman–Crippen MR) is 68.2 cm³/mol. The Labute approximate surface area is 105 Å². The van der Waals surface area contributed by atoms with Gasteiger partial charge in [0.2, 0.25) is 0 Å². The number of hydrogen-bond acceptors (Lipinski definition) is 4. The van der Waals surface area contributed by atoms with Crippen LogP contribution in [0.5, 0.6) is 0 Å². The van der Waals surface area contributed by atoms with Gasteiger partial charge in [-0.2, -0.15) is 0 Å². The Balaban J connectivity index is 1.97. The van der Waals surface area contributed by atoms with Crippen LogP contribution < -0.4 is 10.6 Å². The number of amides is 1. The number of carbonyl (C=O) groups excluding carboxylic acids is 1. The fraction of sp³-hybridized carbons (Fsp3) is 0.250. The van der Waals surface area contributed by atoms with Crippen LogP contribution in [0, 0.1) is 0 Å². The van der Waals surface area contributed by atoms with Gasteiger partial charge in [0.15, 0.2) is 0 Å². The molecule has 0 fully saturated rings. The van der Waals surface area contributed by atoms with Crippen molar-refractivity contribution < 1.29 is 4.79 Å². The molecule has 2 aromatic rings. The van der Waals surface area contributed by atoms with E-state index in [1.54, 1.807) is 31.6 Å². The first kappa shape index (κ1) is 12.1. The highest BCUT2D eigenvalue weighted by Gasteiger charge is 2.07. The second-order valence-corrected chi connectivity index (χ2v) is 3.82. The molecule has 0 bridgehead atoms. The Hall–Kier alpha value is -2.37. The van der Waals surface area contributed by atoms with Gasteiger partial charge in [-0.1, -0.05) is 0 Å². The summed E-state index contributed by atoms with van der Waals surface area (Å²) in [6.45, 7) is 0.399. The van der Waals surface area contributed by atoms with Gasteiger partial charge >= 0.3 is 0 Å². The Bertz CT molecular complexity index is 532. The molecule has 0 aliphatic carbocycles. The van der Waals surface area contributed by atoms with Crippen LogP contribution >= 0.6 is 0 Å². The average Bonchev–Trinajstić information content (AvgIpc) is 2.81. The second kappa shape index (κ2) is 5.31. The van der Waals surface area contributed by atoms with E-state index in [4.69, 9.17) is 0 Å². The van der Waals surface area contributed by atoms with Gasteiger partial charge in [-0.05, 0) is 12.1 Å². The molecule has 0 aliphatic rings.